The second-order valence-corrected chi connectivity index (χ2v) is 7.92. The number of allylic oxidation sites excluding steroid dienone is 4. The van der Waals surface area contributed by atoms with E-state index in [1.165, 1.54) is 83.5 Å². The first-order valence-corrected chi connectivity index (χ1v) is 11.3. The summed E-state index contributed by atoms with van der Waals surface area (Å²) in [4.78, 5) is 4.41. The molecule has 1 N–H and O–H groups in total. The molecule has 2 aliphatic rings. The lowest BCUT2D eigenvalue weighted by atomic mass is 10.0. The SMILES string of the molecule is CCCCCCCCCCCCCCCCOC1=CC2=CCC(O)=CC2=N1. The van der Waals surface area contributed by atoms with Crippen LogP contribution in [0.4, 0.5) is 0 Å². The molecule has 0 fully saturated rings. The predicted molar refractivity (Wildman–Crippen MR) is 115 cm³/mol. The number of nitrogens with zero attached hydrogens (tertiary/aromatic N) is 1. The Morgan fingerprint density at radius 1 is 0.815 bits per heavy atom. The molecular formula is C24H39NO2. The maximum Gasteiger partial charge on any atom is 0.214 e. The van der Waals surface area contributed by atoms with Crippen molar-refractivity contribution < 1.29 is 9.84 Å². The molecule has 0 bridgehead atoms. The van der Waals surface area contributed by atoms with Crippen LogP contribution in [0, 0.1) is 0 Å². The van der Waals surface area contributed by atoms with E-state index in [1.54, 1.807) is 6.08 Å². The summed E-state index contributed by atoms with van der Waals surface area (Å²) < 4.78 is 5.76. The zero-order valence-corrected chi connectivity index (χ0v) is 17.3. The van der Waals surface area contributed by atoms with Crippen molar-refractivity contribution >= 4 is 5.71 Å². The molecule has 1 aliphatic heterocycles. The second kappa shape index (κ2) is 13.6. The Kier molecular flexibility index (Phi) is 11.0. The highest BCUT2D eigenvalue weighted by molar-refractivity contribution is 6.13. The van der Waals surface area contributed by atoms with Crippen LogP contribution in [0.25, 0.3) is 0 Å². The largest absolute Gasteiger partial charge is 0.512 e. The van der Waals surface area contributed by atoms with Crippen molar-refractivity contribution in [1.82, 2.24) is 0 Å². The molecule has 0 saturated heterocycles. The van der Waals surface area contributed by atoms with E-state index in [2.05, 4.69) is 11.9 Å². The van der Waals surface area contributed by atoms with Gasteiger partial charge in [0.2, 0.25) is 5.88 Å². The van der Waals surface area contributed by atoms with Gasteiger partial charge in [-0.05, 0) is 6.42 Å². The zero-order valence-electron chi connectivity index (χ0n) is 17.3. The van der Waals surface area contributed by atoms with E-state index in [-0.39, 0.29) is 0 Å². The van der Waals surface area contributed by atoms with Gasteiger partial charge in [0.25, 0.3) is 0 Å². The van der Waals surface area contributed by atoms with E-state index in [1.807, 2.05) is 12.2 Å². The minimum absolute atomic E-state index is 0.374. The molecule has 0 atom stereocenters. The lowest BCUT2D eigenvalue weighted by Crippen LogP contribution is -2.00. The van der Waals surface area contributed by atoms with Gasteiger partial charge < -0.3 is 9.84 Å². The van der Waals surface area contributed by atoms with E-state index in [9.17, 15) is 5.11 Å². The van der Waals surface area contributed by atoms with Gasteiger partial charge >= 0.3 is 0 Å². The molecule has 0 radical (unpaired) electrons. The molecule has 0 amide bonds. The number of aliphatic hydroxyl groups is 1. The highest BCUT2D eigenvalue weighted by atomic mass is 16.5. The van der Waals surface area contributed by atoms with E-state index >= 15 is 0 Å². The Morgan fingerprint density at radius 3 is 1.96 bits per heavy atom. The number of fused-ring (bicyclic) bond motifs is 1. The normalized spacial score (nSPS) is 15.7. The molecule has 1 heterocycles. The van der Waals surface area contributed by atoms with E-state index in [0.29, 0.717) is 18.1 Å². The molecule has 0 spiro atoms. The van der Waals surface area contributed by atoms with Crippen LogP contribution in [-0.2, 0) is 4.74 Å². The van der Waals surface area contributed by atoms with Gasteiger partial charge in [0.1, 0.15) is 0 Å². The summed E-state index contributed by atoms with van der Waals surface area (Å²) in [6, 6.07) is 0. The van der Waals surface area contributed by atoms with Crippen molar-refractivity contribution in [2.24, 2.45) is 4.99 Å². The first-order chi connectivity index (χ1) is 13.3. The molecule has 3 nitrogen and oxygen atoms in total. The standard InChI is InChI=1S/C24H39NO2/c1-2-3-4-5-6-7-8-9-10-11-12-13-14-15-18-27-24-19-21-16-17-22(26)20-23(21)25-24/h16,19-20,26H,2-15,17-18H2,1H3. The zero-order chi connectivity index (χ0) is 19.2. The maximum absolute atomic E-state index is 9.53. The number of unbranched alkanes of at least 4 members (excludes halogenated alkanes) is 13. The third-order valence-electron chi connectivity index (χ3n) is 5.39. The Bertz CT molecular complexity index is 543. The van der Waals surface area contributed by atoms with Gasteiger partial charge in [-0.3, -0.25) is 0 Å². The van der Waals surface area contributed by atoms with Crippen molar-refractivity contribution in [3.8, 4) is 0 Å². The van der Waals surface area contributed by atoms with Gasteiger partial charge in [-0.15, -0.1) is 0 Å². The predicted octanol–water partition coefficient (Wildman–Crippen LogP) is 7.55. The summed E-state index contributed by atoms with van der Waals surface area (Å²) in [5, 5.41) is 9.53. The fourth-order valence-corrected chi connectivity index (χ4v) is 3.68. The summed E-state index contributed by atoms with van der Waals surface area (Å²) in [6.07, 6.45) is 25.5. The molecule has 27 heavy (non-hydrogen) atoms. The Morgan fingerprint density at radius 2 is 1.37 bits per heavy atom. The Labute approximate surface area is 166 Å². The van der Waals surface area contributed by atoms with Crippen LogP contribution in [0.2, 0.25) is 0 Å². The lowest BCUT2D eigenvalue weighted by molar-refractivity contribution is 0.204. The molecule has 2 rings (SSSR count). The van der Waals surface area contributed by atoms with Crippen molar-refractivity contribution in [3.05, 3.63) is 35.4 Å². The first kappa shape index (κ1) is 21.8. The minimum atomic E-state index is 0.374. The number of aliphatic imine (C=N–C) groups is 1. The molecule has 3 heteroatoms. The molecule has 0 aromatic heterocycles. The number of hydrogen-bond donors (Lipinski definition) is 1. The fourth-order valence-electron chi connectivity index (χ4n) is 3.68. The Hall–Kier alpha value is -1.51. The molecule has 0 unspecified atom stereocenters. The third-order valence-corrected chi connectivity index (χ3v) is 5.39. The summed E-state index contributed by atoms with van der Waals surface area (Å²) in [6.45, 7) is 3.02. The molecule has 0 saturated carbocycles. The first-order valence-electron chi connectivity index (χ1n) is 11.3. The number of ether oxygens (including phenoxy) is 1. The Balaban J connectivity index is 1.35. The van der Waals surface area contributed by atoms with Crippen molar-refractivity contribution in [2.75, 3.05) is 6.61 Å². The van der Waals surface area contributed by atoms with E-state index in [0.717, 1.165) is 24.3 Å². The average Bonchev–Trinajstić information content (AvgIpc) is 3.06. The molecule has 0 aromatic rings. The van der Waals surface area contributed by atoms with Gasteiger partial charge in [0.05, 0.1) is 18.1 Å². The molecule has 152 valence electrons. The third kappa shape index (κ3) is 9.30. The monoisotopic (exact) mass is 373 g/mol. The molecular weight excluding hydrogens is 334 g/mol. The van der Waals surface area contributed by atoms with Crippen LogP contribution in [0.15, 0.2) is 40.4 Å². The van der Waals surface area contributed by atoms with Gasteiger partial charge in [0.15, 0.2) is 0 Å². The lowest BCUT2D eigenvalue weighted by Gasteiger charge is -2.05. The maximum atomic E-state index is 9.53. The van der Waals surface area contributed by atoms with Crippen LogP contribution < -0.4 is 0 Å². The van der Waals surface area contributed by atoms with Crippen LogP contribution in [0.5, 0.6) is 0 Å². The topological polar surface area (TPSA) is 41.8 Å². The minimum Gasteiger partial charge on any atom is -0.512 e. The van der Waals surface area contributed by atoms with Gasteiger partial charge in [-0.1, -0.05) is 96.5 Å². The average molecular weight is 374 g/mol. The van der Waals surface area contributed by atoms with Crippen molar-refractivity contribution in [3.63, 3.8) is 0 Å². The summed E-state index contributed by atoms with van der Waals surface area (Å²) >= 11 is 0. The van der Waals surface area contributed by atoms with Crippen LogP contribution >= 0.6 is 0 Å². The van der Waals surface area contributed by atoms with Crippen LogP contribution in [-0.4, -0.2) is 17.4 Å². The number of aliphatic hydroxyl groups excluding tert-OH is 1. The van der Waals surface area contributed by atoms with E-state index in [4.69, 9.17) is 4.74 Å². The quantitative estimate of drug-likeness (QED) is 0.284. The van der Waals surface area contributed by atoms with Gasteiger partial charge in [0, 0.05) is 24.1 Å². The smallest absolute Gasteiger partial charge is 0.214 e. The molecule has 1 aliphatic carbocycles. The van der Waals surface area contributed by atoms with Gasteiger partial charge in [-0.25, -0.2) is 4.99 Å². The molecule has 0 aromatic carbocycles. The van der Waals surface area contributed by atoms with Crippen LogP contribution in [0.3, 0.4) is 0 Å². The van der Waals surface area contributed by atoms with Crippen LogP contribution in [0.1, 0.15) is 103 Å². The summed E-state index contributed by atoms with van der Waals surface area (Å²) in [5.41, 5.74) is 1.90. The fraction of sp³-hybridized carbons (Fsp3) is 0.708. The highest BCUT2D eigenvalue weighted by Gasteiger charge is 2.17. The summed E-state index contributed by atoms with van der Waals surface area (Å²) in [5.74, 6) is 1.07. The number of rotatable bonds is 16. The van der Waals surface area contributed by atoms with Crippen molar-refractivity contribution in [2.45, 2.75) is 103 Å². The van der Waals surface area contributed by atoms with Crippen molar-refractivity contribution in [1.29, 1.82) is 0 Å². The van der Waals surface area contributed by atoms with E-state index < -0.39 is 0 Å². The highest BCUT2D eigenvalue weighted by Crippen LogP contribution is 2.24. The van der Waals surface area contributed by atoms with Gasteiger partial charge in [-0.2, -0.15) is 0 Å². The second-order valence-electron chi connectivity index (χ2n) is 7.92. The summed E-state index contributed by atoms with van der Waals surface area (Å²) in [7, 11) is 0. The number of hydrogen-bond acceptors (Lipinski definition) is 3.